The highest BCUT2D eigenvalue weighted by molar-refractivity contribution is 5.91. The molecule has 0 saturated heterocycles. The predicted molar refractivity (Wildman–Crippen MR) is 97.5 cm³/mol. The molecular formula is C19H22N2O7. The van der Waals surface area contributed by atoms with Crippen LogP contribution in [-0.2, 0) is 19.1 Å². The molecule has 2 heterocycles. The highest BCUT2D eigenvalue weighted by Gasteiger charge is 2.51. The summed E-state index contributed by atoms with van der Waals surface area (Å²) in [7, 11) is 0. The van der Waals surface area contributed by atoms with Crippen molar-refractivity contribution in [1.29, 1.82) is 0 Å². The number of esters is 1. The summed E-state index contributed by atoms with van der Waals surface area (Å²) in [5, 5.41) is 11.3. The van der Waals surface area contributed by atoms with Gasteiger partial charge in [0, 0.05) is 30.7 Å². The minimum absolute atomic E-state index is 0.140. The van der Waals surface area contributed by atoms with Gasteiger partial charge in [-0.25, -0.2) is 0 Å². The summed E-state index contributed by atoms with van der Waals surface area (Å²) in [6.07, 6.45) is 0.520. The number of amides is 1. The number of ether oxygens (including phenoxy) is 3. The van der Waals surface area contributed by atoms with Crippen molar-refractivity contribution in [2.45, 2.75) is 45.4 Å². The van der Waals surface area contributed by atoms with Crippen LogP contribution in [0.25, 0.3) is 0 Å². The van der Waals surface area contributed by atoms with Gasteiger partial charge in [0.2, 0.25) is 0 Å². The van der Waals surface area contributed by atoms with E-state index in [4.69, 9.17) is 14.2 Å². The van der Waals surface area contributed by atoms with Crippen molar-refractivity contribution in [3.63, 3.8) is 0 Å². The monoisotopic (exact) mass is 390 g/mol. The van der Waals surface area contributed by atoms with Gasteiger partial charge in [-0.15, -0.1) is 0 Å². The first-order valence-corrected chi connectivity index (χ1v) is 8.92. The first-order chi connectivity index (χ1) is 13.1. The number of hydrogen-bond acceptors (Lipinski definition) is 7. The molecule has 0 N–H and O–H groups in total. The minimum atomic E-state index is -0.964. The van der Waals surface area contributed by atoms with Gasteiger partial charge in [-0.1, -0.05) is 0 Å². The van der Waals surface area contributed by atoms with E-state index in [0.717, 1.165) is 0 Å². The number of non-ortho nitro benzene ring substituents is 1. The van der Waals surface area contributed by atoms with Gasteiger partial charge in [0.05, 0.1) is 18.1 Å². The Kier molecular flexibility index (Phi) is 5.01. The topological polar surface area (TPSA) is 108 Å². The van der Waals surface area contributed by atoms with Crippen molar-refractivity contribution in [2.75, 3.05) is 13.2 Å². The molecule has 2 atom stereocenters. The zero-order valence-electron chi connectivity index (χ0n) is 16.1. The molecule has 0 radical (unpaired) electrons. The second kappa shape index (κ2) is 7.14. The van der Waals surface area contributed by atoms with Crippen LogP contribution in [0.3, 0.4) is 0 Å². The average Bonchev–Trinajstić information content (AvgIpc) is 2.95. The fourth-order valence-electron chi connectivity index (χ4n) is 3.59. The maximum atomic E-state index is 12.7. The number of nitrogens with zero attached hydrogens (tertiary/aromatic N) is 2. The Balaban J connectivity index is 2.11. The zero-order chi connectivity index (χ0) is 20.6. The van der Waals surface area contributed by atoms with Gasteiger partial charge < -0.3 is 19.1 Å². The molecule has 1 aromatic carbocycles. The summed E-state index contributed by atoms with van der Waals surface area (Å²) in [5.74, 6) is 0.0398. The lowest BCUT2D eigenvalue weighted by Gasteiger charge is -2.46. The first-order valence-electron chi connectivity index (χ1n) is 8.92. The van der Waals surface area contributed by atoms with E-state index in [1.165, 1.54) is 36.1 Å². The standard InChI is InChI=1S/C19H22N2O7/c1-5-26-13-9-16(23)20(10-13)17-14-8-12(21(24)25)6-7-15(14)28-19(3,4)18(17)27-11(2)22/h6-9,17-18H,5,10H2,1-4H3/t17-,18+/m0/s1. The van der Waals surface area contributed by atoms with E-state index < -0.39 is 28.6 Å². The Morgan fingerprint density at radius 3 is 2.75 bits per heavy atom. The van der Waals surface area contributed by atoms with Gasteiger partial charge in [-0.3, -0.25) is 19.7 Å². The predicted octanol–water partition coefficient (Wildman–Crippen LogP) is 2.50. The summed E-state index contributed by atoms with van der Waals surface area (Å²) >= 11 is 0. The lowest BCUT2D eigenvalue weighted by molar-refractivity contribution is -0.385. The molecule has 150 valence electrons. The van der Waals surface area contributed by atoms with Crippen molar-refractivity contribution in [2.24, 2.45) is 0 Å². The zero-order valence-corrected chi connectivity index (χ0v) is 16.1. The van der Waals surface area contributed by atoms with Crippen LogP contribution in [0, 0.1) is 10.1 Å². The molecule has 2 aliphatic heterocycles. The molecule has 2 aliphatic rings. The van der Waals surface area contributed by atoms with Gasteiger partial charge >= 0.3 is 5.97 Å². The third-order valence-corrected chi connectivity index (χ3v) is 4.72. The van der Waals surface area contributed by atoms with Gasteiger partial charge in [0.15, 0.2) is 6.10 Å². The van der Waals surface area contributed by atoms with Gasteiger partial charge in [-0.05, 0) is 26.8 Å². The largest absolute Gasteiger partial charge is 0.496 e. The fraction of sp³-hybridized carbons (Fsp3) is 0.474. The van der Waals surface area contributed by atoms with E-state index in [-0.39, 0.29) is 18.1 Å². The highest BCUT2D eigenvalue weighted by atomic mass is 16.6. The summed E-state index contributed by atoms with van der Waals surface area (Å²) in [4.78, 5) is 36.7. The molecular weight excluding hydrogens is 368 g/mol. The summed E-state index contributed by atoms with van der Waals surface area (Å²) < 4.78 is 17.0. The van der Waals surface area contributed by atoms with Crippen LogP contribution in [0.2, 0.25) is 0 Å². The molecule has 9 heteroatoms. The Hall–Kier alpha value is -3.10. The number of nitro groups is 1. The molecule has 0 aromatic heterocycles. The van der Waals surface area contributed by atoms with Crippen molar-refractivity contribution in [1.82, 2.24) is 4.90 Å². The van der Waals surface area contributed by atoms with Gasteiger partial charge in [0.1, 0.15) is 23.2 Å². The van der Waals surface area contributed by atoms with E-state index in [9.17, 15) is 19.7 Å². The van der Waals surface area contributed by atoms with Crippen LogP contribution >= 0.6 is 0 Å². The number of benzene rings is 1. The van der Waals surface area contributed by atoms with Crippen LogP contribution in [0.15, 0.2) is 30.0 Å². The molecule has 0 saturated carbocycles. The summed E-state index contributed by atoms with van der Waals surface area (Å²) in [6.45, 7) is 7.15. The minimum Gasteiger partial charge on any atom is -0.496 e. The Labute approximate surface area is 162 Å². The number of nitro benzene ring substituents is 1. The normalized spacial score (nSPS) is 22.8. The summed E-state index contributed by atoms with van der Waals surface area (Å²) in [6, 6.07) is 3.44. The molecule has 0 unspecified atom stereocenters. The molecule has 0 fully saturated rings. The van der Waals surface area contributed by atoms with E-state index in [2.05, 4.69) is 0 Å². The SMILES string of the molecule is CCOC1=CC(=O)N([C@H]2c3cc([N+](=O)[O-])ccc3OC(C)(C)[C@@H]2OC(C)=O)C1. The molecule has 0 aliphatic carbocycles. The first kappa shape index (κ1) is 19.7. The Bertz CT molecular complexity index is 862. The van der Waals surface area contributed by atoms with Crippen molar-refractivity contribution in [3.05, 3.63) is 45.7 Å². The van der Waals surface area contributed by atoms with E-state index in [1.807, 2.05) is 6.92 Å². The molecule has 1 aromatic rings. The maximum Gasteiger partial charge on any atom is 0.303 e. The molecule has 9 nitrogen and oxygen atoms in total. The van der Waals surface area contributed by atoms with E-state index in [0.29, 0.717) is 23.7 Å². The second-order valence-corrected chi connectivity index (χ2v) is 7.17. The third-order valence-electron chi connectivity index (χ3n) is 4.72. The molecule has 3 rings (SSSR count). The maximum absolute atomic E-state index is 12.7. The van der Waals surface area contributed by atoms with Gasteiger partial charge in [-0.2, -0.15) is 0 Å². The fourth-order valence-corrected chi connectivity index (χ4v) is 3.59. The van der Waals surface area contributed by atoms with E-state index in [1.54, 1.807) is 13.8 Å². The molecule has 0 spiro atoms. The van der Waals surface area contributed by atoms with Gasteiger partial charge in [0.25, 0.3) is 11.6 Å². The number of carbonyl (C=O) groups is 2. The Morgan fingerprint density at radius 1 is 1.43 bits per heavy atom. The van der Waals surface area contributed by atoms with E-state index >= 15 is 0 Å². The Morgan fingerprint density at radius 2 is 2.14 bits per heavy atom. The van der Waals surface area contributed by atoms with Crippen LogP contribution in [0.4, 0.5) is 5.69 Å². The smallest absolute Gasteiger partial charge is 0.303 e. The molecule has 0 bridgehead atoms. The summed E-state index contributed by atoms with van der Waals surface area (Å²) in [5.41, 5.74) is -0.689. The number of rotatable bonds is 5. The number of fused-ring (bicyclic) bond motifs is 1. The molecule has 28 heavy (non-hydrogen) atoms. The number of carbonyl (C=O) groups excluding carboxylic acids is 2. The number of hydrogen-bond donors (Lipinski definition) is 0. The molecule has 1 amide bonds. The van der Waals surface area contributed by atoms with Crippen LogP contribution < -0.4 is 4.74 Å². The average molecular weight is 390 g/mol. The van der Waals surface area contributed by atoms with Crippen molar-refractivity contribution < 1.29 is 28.7 Å². The van der Waals surface area contributed by atoms with Crippen molar-refractivity contribution >= 4 is 17.6 Å². The second-order valence-electron chi connectivity index (χ2n) is 7.17. The van der Waals surface area contributed by atoms with Crippen LogP contribution in [0.5, 0.6) is 5.75 Å². The lowest BCUT2D eigenvalue weighted by Crippen LogP contribution is -2.55. The van der Waals surface area contributed by atoms with Crippen molar-refractivity contribution in [3.8, 4) is 5.75 Å². The quantitative estimate of drug-likeness (QED) is 0.432. The van der Waals surface area contributed by atoms with Crippen LogP contribution in [-0.4, -0.2) is 46.6 Å². The lowest BCUT2D eigenvalue weighted by atomic mass is 9.85. The highest BCUT2D eigenvalue weighted by Crippen LogP contribution is 2.46. The third kappa shape index (κ3) is 3.51. The van der Waals surface area contributed by atoms with Crippen LogP contribution in [0.1, 0.15) is 39.3 Å².